The number of hydrogen-bond donors (Lipinski definition) is 1. The highest BCUT2D eigenvalue weighted by Crippen LogP contribution is 2.22. The van der Waals surface area contributed by atoms with Crippen LogP contribution in [0.1, 0.15) is 16.1 Å². The fraction of sp³-hybridized carbons (Fsp3) is 0.130. The number of rotatable bonds is 7. The molecule has 0 atom stereocenters. The van der Waals surface area contributed by atoms with Crippen LogP contribution in [0.4, 0.5) is 5.69 Å². The summed E-state index contributed by atoms with van der Waals surface area (Å²) in [5.74, 6) is -0.165. The number of para-hydroxylation sites is 2. The third-order valence-corrected chi connectivity index (χ3v) is 5.34. The Morgan fingerprint density at radius 3 is 2.54 bits per heavy atom. The van der Waals surface area contributed by atoms with Gasteiger partial charge in [-0.05, 0) is 35.7 Å². The quantitative estimate of drug-likeness (QED) is 0.482. The van der Waals surface area contributed by atoms with E-state index < -0.39 is 0 Å². The first-order valence-electron chi connectivity index (χ1n) is 9.12. The van der Waals surface area contributed by atoms with Gasteiger partial charge in [-0.15, -0.1) is 11.3 Å². The molecule has 0 radical (unpaired) electrons. The Kier molecular flexibility index (Phi) is 5.75. The van der Waals surface area contributed by atoms with Gasteiger partial charge in [0.2, 0.25) is 5.91 Å². The van der Waals surface area contributed by atoms with Crippen molar-refractivity contribution >= 4 is 33.1 Å². The van der Waals surface area contributed by atoms with E-state index in [1.54, 1.807) is 11.3 Å². The molecule has 5 heteroatoms. The Balaban J connectivity index is 1.33. The van der Waals surface area contributed by atoms with Gasteiger partial charge in [0.25, 0.3) is 0 Å². The largest absolute Gasteiger partial charge is 0.364 e. The maximum atomic E-state index is 12.3. The first-order valence-corrected chi connectivity index (χ1v) is 9.93. The standard InChI is InChI=1S/C23H20N2O2S/c26-22(15-27-16-23-25-20-12-6-7-13-21(20)28-23)24-19-11-5-4-10-18(19)14-17-8-2-1-3-9-17/h1-13H,14-16H2,(H,24,26). The van der Waals surface area contributed by atoms with Crippen molar-refractivity contribution in [2.45, 2.75) is 13.0 Å². The van der Waals surface area contributed by atoms with Gasteiger partial charge in [0.05, 0.1) is 16.8 Å². The molecule has 0 fully saturated rings. The van der Waals surface area contributed by atoms with Crippen LogP contribution in [0.15, 0.2) is 78.9 Å². The fourth-order valence-electron chi connectivity index (χ4n) is 3.01. The zero-order valence-electron chi connectivity index (χ0n) is 15.3. The van der Waals surface area contributed by atoms with Gasteiger partial charge in [-0.1, -0.05) is 60.7 Å². The fourth-order valence-corrected chi connectivity index (χ4v) is 3.92. The second kappa shape index (κ2) is 8.78. The van der Waals surface area contributed by atoms with Crippen molar-refractivity contribution in [3.05, 3.63) is 95.0 Å². The van der Waals surface area contributed by atoms with Gasteiger partial charge in [-0.2, -0.15) is 0 Å². The number of hydrogen-bond acceptors (Lipinski definition) is 4. The zero-order chi connectivity index (χ0) is 19.2. The highest BCUT2D eigenvalue weighted by Gasteiger charge is 2.09. The normalized spacial score (nSPS) is 10.9. The lowest BCUT2D eigenvalue weighted by Crippen LogP contribution is -2.19. The Bertz CT molecular complexity index is 1040. The molecule has 4 aromatic rings. The molecule has 4 nitrogen and oxygen atoms in total. The molecule has 4 rings (SSSR count). The second-order valence-corrected chi connectivity index (χ2v) is 7.55. The van der Waals surface area contributed by atoms with Crippen molar-refractivity contribution in [1.29, 1.82) is 0 Å². The van der Waals surface area contributed by atoms with Crippen LogP contribution in [0.25, 0.3) is 10.2 Å². The van der Waals surface area contributed by atoms with E-state index in [1.165, 1.54) is 5.56 Å². The molecule has 1 aromatic heterocycles. The summed E-state index contributed by atoms with van der Waals surface area (Å²) >= 11 is 1.59. The summed E-state index contributed by atoms with van der Waals surface area (Å²) in [5, 5.41) is 3.84. The molecule has 28 heavy (non-hydrogen) atoms. The van der Waals surface area contributed by atoms with E-state index in [0.717, 1.165) is 32.9 Å². The van der Waals surface area contributed by atoms with Crippen LogP contribution in [0.3, 0.4) is 0 Å². The number of carbonyl (C=O) groups excluding carboxylic acids is 1. The lowest BCUT2D eigenvalue weighted by atomic mass is 10.0. The van der Waals surface area contributed by atoms with Gasteiger partial charge in [0, 0.05) is 5.69 Å². The van der Waals surface area contributed by atoms with Crippen LogP contribution in [0.5, 0.6) is 0 Å². The Labute approximate surface area is 167 Å². The predicted molar refractivity (Wildman–Crippen MR) is 114 cm³/mol. The molecule has 140 valence electrons. The van der Waals surface area contributed by atoms with Crippen molar-refractivity contribution in [1.82, 2.24) is 4.98 Å². The summed E-state index contributed by atoms with van der Waals surface area (Å²) in [5.41, 5.74) is 4.06. The maximum absolute atomic E-state index is 12.3. The van der Waals surface area contributed by atoms with Crippen molar-refractivity contribution in [2.75, 3.05) is 11.9 Å². The first kappa shape index (κ1) is 18.3. The van der Waals surface area contributed by atoms with Gasteiger partial charge < -0.3 is 10.1 Å². The van der Waals surface area contributed by atoms with E-state index in [1.807, 2.05) is 66.7 Å². The number of ether oxygens (including phenoxy) is 1. The second-order valence-electron chi connectivity index (χ2n) is 6.44. The summed E-state index contributed by atoms with van der Waals surface area (Å²) in [6.45, 7) is 0.327. The average Bonchev–Trinajstić information content (AvgIpc) is 3.13. The lowest BCUT2D eigenvalue weighted by molar-refractivity contribution is -0.121. The summed E-state index contributed by atoms with van der Waals surface area (Å²) in [6, 6.07) is 26.0. The summed E-state index contributed by atoms with van der Waals surface area (Å²) in [7, 11) is 0. The molecular weight excluding hydrogens is 368 g/mol. The number of amides is 1. The maximum Gasteiger partial charge on any atom is 0.250 e. The van der Waals surface area contributed by atoms with Crippen molar-refractivity contribution in [3.63, 3.8) is 0 Å². The number of anilines is 1. The van der Waals surface area contributed by atoms with Gasteiger partial charge >= 0.3 is 0 Å². The molecule has 0 unspecified atom stereocenters. The smallest absolute Gasteiger partial charge is 0.250 e. The molecule has 0 saturated heterocycles. The minimum Gasteiger partial charge on any atom is -0.364 e. The monoisotopic (exact) mass is 388 g/mol. The molecule has 1 N–H and O–H groups in total. The highest BCUT2D eigenvalue weighted by molar-refractivity contribution is 7.18. The summed E-state index contributed by atoms with van der Waals surface area (Å²) in [6.07, 6.45) is 0.768. The topological polar surface area (TPSA) is 51.2 Å². The van der Waals surface area contributed by atoms with Crippen LogP contribution in [0, 0.1) is 0 Å². The van der Waals surface area contributed by atoms with Crippen LogP contribution < -0.4 is 5.32 Å². The van der Waals surface area contributed by atoms with Crippen molar-refractivity contribution in [2.24, 2.45) is 0 Å². The lowest BCUT2D eigenvalue weighted by Gasteiger charge is -2.11. The molecule has 0 spiro atoms. The van der Waals surface area contributed by atoms with E-state index in [0.29, 0.717) is 6.61 Å². The Morgan fingerprint density at radius 2 is 1.68 bits per heavy atom. The van der Waals surface area contributed by atoms with Crippen LogP contribution in [-0.4, -0.2) is 17.5 Å². The minimum atomic E-state index is -0.165. The molecule has 1 heterocycles. The van der Waals surface area contributed by atoms with Crippen molar-refractivity contribution in [3.8, 4) is 0 Å². The number of thiazole rings is 1. The van der Waals surface area contributed by atoms with Gasteiger partial charge in [0.1, 0.15) is 11.6 Å². The van der Waals surface area contributed by atoms with Crippen molar-refractivity contribution < 1.29 is 9.53 Å². The molecule has 0 aliphatic carbocycles. The minimum absolute atomic E-state index is 0.00437. The molecule has 0 saturated carbocycles. The van der Waals surface area contributed by atoms with E-state index in [9.17, 15) is 4.79 Å². The van der Waals surface area contributed by atoms with Crippen LogP contribution >= 0.6 is 11.3 Å². The average molecular weight is 388 g/mol. The molecule has 3 aromatic carbocycles. The SMILES string of the molecule is O=C(COCc1nc2ccccc2s1)Nc1ccccc1Cc1ccccc1. The summed E-state index contributed by atoms with van der Waals surface area (Å²) in [4.78, 5) is 16.8. The van der Waals surface area contributed by atoms with Gasteiger partial charge in [-0.3, -0.25) is 4.79 Å². The van der Waals surface area contributed by atoms with E-state index in [2.05, 4.69) is 22.4 Å². The molecule has 0 bridgehead atoms. The number of nitrogens with one attached hydrogen (secondary N) is 1. The van der Waals surface area contributed by atoms with Gasteiger partial charge in [-0.25, -0.2) is 4.98 Å². The highest BCUT2D eigenvalue weighted by atomic mass is 32.1. The number of carbonyl (C=O) groups is 1. The third kappa shape index (κ3) is 4.63. The molecule has 1 amide bonds. The first-order chi connectivity index (χ1) is 13.8. The van der Waals surface area contributed by atoms with E-state index in [4.69, 9.17) is 4.74 Å². The Morgan fingerprint density at radius 1 is 0.929 bits per heavy atom. The molecule has 0 aliphatic heterocycles. The number of nitrogens with zero attached hydrogens (tertiary/aromatic N) is 1. The zero-order valence-corrected chi connectivity index (χ0v) is 16.1. The number of benzene rings is 3. The van der Waals surface area contributed by atoms with E-state index in [-0.39, 0.29) is 12.5 Å². The number of aromatic nitrogens is 1. The number of fused-ring (bicyclic) bond motifs is 1. The summed E-state index contributed by atoms with van der Waals surface area (Å²) < 4.78 is 6.70. The van der Waals surface area contributed by atoms with Crippen LogP contribution in [-0.2, 0) is 22.6 Å². The molecule has 0 aliphatic rings. The van der Waals surface area contributed by atoms with Gasteiger partial charge in [0.15, 0.2) is 0 Å². The predicted octanol–water partition coefficient (Wildman–Crippen LogP) is 5.04. The third-order valence-electron chi connectivity index (χ3n) is 4.33. The Hall–Kier alpha value is -3.02. The van der Waals surface area contributed by atoms with Crippen LogP contribution in [0.2, 0.25) is 0 Å². The molecular formula is C23H20N2O2S. The van der Waals surface area contributed by atoms with E-state index >= 15 is 0 Å².